The second-order valence-electron chi connectivity index (χ2n) is 11.1. The second kappa shape index (κ2) is 12.4. The summed E-state index contributed by atoms with van der Waals surface area (Å²) in [5, 5.41) is 4.04. The van der Waals surface area contributed by atoms with E-state index in [2.05, 4.69) is 32.1 Å². The van der Waals surface area contributed by atoms with Gasteiger partial charge in [0.15, 0.2) is 0 Å². The van der Waals surface area contributed by atoms with Crippen molar-refractivity contribution in [3.8, 4) is 22.3 Å². The number of anilines is 2. The first-order chi connectivity index (χ1) is 21.2. The van der Waals surface area contributed by atoms with Crippen LogP contribution < -0.4 is 10.9 Å². The van der Waals surface area contributed by atoms with Gasteiger partial charge in [0.05, 0.1) is 0 Å². The molecule has 1 N–H and O–H groups in total. The molecule has 1 fully saturated rings. The molecule has 1 saturated heterocycles. The second-order valence-corrected chi connectivity index (χ2v) is 11.5. The molecule has 0 saturated carbocycles. The van der Waals surface area contributed by atoms with Crippen molar-refractivity contribution in [1.82, 2.24) is 24.4 Å². The average Bonchev–Trinajstić information content (AvgIpc) is 3.01. The molecule has 0 spiro atoms. The number of hydrogen-bond acceptors (Lipinski definition) is 6. The number of pyridine rings is 2. The maximum Gasteiger partial charge on any atom is 0.260 e. The maximum absolute atomic E-state index is 15.2. The molecule has 0 unspecified atom stereocenters. The number of aryl methyl sites for hydroxylation is 2. The summed E-state index contributed by atoms with van der Waals surface area (Å²) in [6.45, 7) is 9.07. The van der Waals surface area contributed by atoms with Gasteiger partial charge in [0, 0.05) is 51.2 Å². The van der Waals surface area contributed by atoms with Crippen LogP contribution in [0.3, 0.4) is 0 Å². The van der Waals surface area contributed by atoms with E-state index in [4.69, 9.17) is 11.6 Å². The van der Waals surface area contributed by atoms with Gasteiger partial charge in [0.1, 0.15) is 11.5 Å². The molecule has 4 heterocycles. The van der Waals surface area contributed by atoms with Gasteiger partial charge in [-0.25, -0.2) is 14.4 Å². The van der Waals surface area contributed by atoms with Crippen LogP contribution in [-0.4, -0.2) is 44.1 Å². The fourth-order valence-corrected chi connectivity index (χ4v) is 6.25. The summed E-state index contributed by atoms with van der Waals surface area (Å²) in [6.07, 6.45) is 3.52. The Bertz CT molecular complexity index is 1920. The Hall–Kier alpha value is -4.21. The number of piperidine rings is 1. The van der Waals surface area contributed by atoms with Crippen molar-refractivity contribution in [1.29, 1.82) is 0 Å². The summed E-state index contributed by atoms with van der Waals surface area (Å²) >= 11 is 6.65. The van der Waals surface area contributed by atoms with Crippen LogP contribution in [0.2, 0.25) is 5.02 Å². The summed E-state index contributed by atoms with van der Waals surface area (Å²) in [4.78, 5) is 29.0. The molecule has 2 aromatic carbocycles. The molecule has 44 heavy (non-hydrogen) atoms. The standard InChI is InChI=1S/C34H33ClF2N6O/c1-4-42-14-12-21(13-15-42)25-11-8-24(18-30(25)36)40-34-38-19-23-16-28(33(44)43(5-2)32(23)41-34)27-10-7-22(17-29(27)35)26-9-6-20(3)39-31(26)37/h6-11,16-19,21H,4-5,12-15H2,1-3H3,(H,38,40,41). The summed E-state index contributed by atoms with van der Waals surface area (Å²) in [5.41, 5.74) is 3.81. The number of hydrogen-bond donors (Lipinski definition) is 1. The molecule has 3 aromatic heterocycles. The summed E-state index contributed by atoms with van der Waals surface area (Å²) in [6, 6.07) is 15.3. The van der Waals surface area contributed by atoms with Gasteiger partial charge in [0.2, 0.25) is 11.9 Å². The Labute approximate surface area is 259 Å². The highest BCUT2D eigenvalue weighted by atomic mass is 35.5. The van der Waals surface area contributed by atoms with Crippen LogP contribution in [0.1, 0.15) is 43.9 Å². The predicted molar refractivity (Wildman–Crippen MR) is 172 cm³/mol. The van der Waals surface area contributed by atoms with Crippen molar-refractivity contribution in [2.75, 3.05) is 25.0 Å². The van der Waals surface area contributed by atoms with E-state index < -0.39 is 5.95 Å². The van der Waals surface area contributed by atoms with Gasteiger partial charge >= 0.3 is 0 Å². The van der Waals surface area contributed by atoms with Crippen molar-refractivity contribution in [3.63, 3.8) is 0 Å². The quantitative estimate of drug-likeness (QED) is 0.189. The Morgan fingerprint density at radius 1 is 0.932 bits per heavy atom. The third kappa shape index (κ3) is 5.81. The zero-order chi connectivity index (χ0) is 31.0. The lowest BCUT2D eigenvalue weighted by molar-refractivity contribution is 0.220. The van der Waals surface area contributed by atoms with E-state index in [9.17, 15) is 9.18 Å². The number of fused-ring (bicyclic) bond motifs is 1. The average molecular weight is 615 g/mol. The van der Waals surface area contributed by atoms with Gasteiger partial charge in [-0.3, -0.25) is 9.36 Å². The van der Waals surface area contributed by atoms with Gasteiger partial charge in [-0.1, -0.05) is 36.7 Å². The molecule has 0 atom stereocenters. The lowest BCUT2D eigenvalue weighted by Gasteiger charge is -2.31. The number of benzene rings is 2. The Morgan fingerprint density at radius 2 is 1.70 bits per heavy atom. The van der Waals surface area contributed by atoms with Crippen LogP contribution in [0, 0.1) is 18.7 Å². The molecule has 0 amide bonds. The topological polar surface area (TPSA) is 75.9 Å². The van der Waals surface area contributed by atoms with Gasteiger partial charge in [-0.05, 0) is 99.8 Å². The first-order valence-corrected chi connectivity index (χ1v) is 15.3. The molecule has 1 aliphatic rings. The molecule has 6 rings (SSSR count). The van der Waals surface area contributed by atoms with Gasteiger partial charge in [0.25, 0.3) is 5.56 Å². The summed E-state index contributed by atoms with van der Waals surface area (Å²) < 4.78 is 31.2. The Balaban J connectivity index is 1.28. The minimum Gasteiger partial charge on any atom is -0.324 e. The zero-order valence-corrected chi connectivity index (χ0v) is 25.6. The number of aromatic nitrogens is 4. The number of likely N-dealkylation sites (tertiary alicyclic amines) is 1. The highest BCUT2D eigenvalue weighted by Gasteiger charge is 2.22. The van der Waals surface area contributed by atoms with Crippen LogP contribution in [0.5, 0.6) is 0 Å². The van der Waals surface area contributed by atoms with E-state index in [-0.39, 0.29) is 23.2 Å². The van der Waals surface area contributed by atoms with Crippen LogP contribution in [0.4, 0.5) is 20.4 Å². The molecule has 0 radical (unpaired) electrons. The zero-order valence-electron chi connectivity index (χ0n) is 24.9. The predicted octanol–water partition coefficient (Wildman–Crippen LogP) is 7.72. The lowest BCUT2D eigenvalue weighted by atomic mass is 9.89. The van der Waals surface area contributed by atoms with E-state index in [0.29, 0.717) is 56.2 Å². The van der Waals surface area contributed by atoms with Crippen LogP contribution in [0.25, 0.3) is 33.3 Å². The number of nitrogens with zero attached hydrogens (tertiary/aromatic N) is 5. The molecular formula is C34H33ClF2N6O. The maximum atomic E-state index is 15.2. The highest BCUT2D eigenvalue weighted by Crippen LogP contribution is 2.34. The van der Waals surface area contributed by atoms with E-state index in [1.165, 1.54) is 6.07 Å². The fourth-order valence-electron chi connectivity index (χ4n) is 5.97. The normalized spacial score (nSPS) is 14.3. The van der Waals surface area contributed by atoms with Crippen LogP contribution in [-0.2, 0) is 6.54 Å². The molecule has 0 bridgehead atoms. The highest BCUT2D eigenvalue weighted by molar-refractivity contribution is 6.33. The summed E-state index contributed by atoms with van der Waals surface area (Å²) in [7, 11) is 0. The number of rotatable bonds is 7. The minimum absolute atomic E-state index is 0.211. The fraction of sp³-hybridized carbons (Fsp3) is 0.294. The largest absolute Gasteiger partial charge is 0.324 e. The molecule has 5 aromatic rings. The molecule has 0 aliphatic carbocycles. The van der Waals surface area contributed by atoms with Crippen molar-refractivity contribution < 1.29 is 8.78 Å². The van der Waals surface area contributed by atoms with Gasteiger partial charge in [-0.15, -0.1) is 0 Å². The van der Waals surface area contributed by atoms with Crippen molar-refractivity contribution in [2.24, 2.45) is 0 Å². The third-order valence-corrected chi connectivity index (χ3v) is 8.75. The molecule has 10 heteroatoms. The smallest absolute Gasteiger partial charge is 0.260 e. The van der Waals surface area contributed by atoms with E-state index in [1.54, 1.807) is 54.1 Å². The van der Waals surface area contributed by atoms with Crippen LogP contribution in [0.15, 0.2) is 65.6 Å². The number of halogens is 3. The van der Waals surface area contributed by atoms with Crippen LogP contribution >= 0.6 is 11.6 Å². The van der Waals surface area contributed by atoms with Crippen molar-refractivity contribution in [2.45, 2.75) is 46.1 Å². The Kier molecular flexibility index (Phi) is 8.42. The monoisotopic (exact) mass is 614 g/mol. The minimum atomic E-state index is -0.583. The first kappa shape index (κ1) is 29.8. The lowest BCUT2D eigenvalue weighted by Crippen LogP contribution is -2.32. The Morgan fingerprint density at radius 3 is 2.39 bits per heavy atom. The third-order valence-electron chi connectivity index (χ3n) is 8.43. The van der Waals surface area contributed by atoms with E-state index in [1.807, 2.05) is 19.1 Å². The molecule has 226 valence electrons. The van der Waals surface area contributed by atoms with Gasteiger partial charge in [-0.2, -0.15) is 9.37 Å². The molecule has 7 nitrogen and oxygen atoms in total. The number of nitrogens with one attached hydrogen (secondary N) is 1. The van der Waals surface area contributed by atoms with Crippen molar-refractivity contribution >= 4 is 34.3 Å². The van der Waals surface area contributed by atoms with E-state index in [0.717, 1.165) is 38.0 Å². The van der Waals surface area contributed by atoms with Crippen molar-refractivity contribution in [3.05, 3.63) is 99.2 Å². The first-order valence-electron chi connectivity index (χ1n) is 14.9. The molecular weight excluding hydrogens is 582 g/mol. The molecule has 1 aliphatic heterocycles. The SMILES string of the molecule is CCN1CCC(c2ccc(Nc3ncc4cc(-c5ccc(-c6ccc(C)nc6F)cc5Cl)c(=O)n(CC)c4n3)cc2F)CC1. The summed E-state index contributed by atoms with van der Waals surface area (Å²) in [5.74, 6) is -0.361. The van der Waals surface area contributed by atoms with E-state index >= 15 is 4.39 Å². The van der Waals surface area contributed by atoms with Gasteiger partial charge < -0.3 is 10.2 Å².